The third-order valence-corrected chi connectivity index (χ3v) is 5.18. The van der Waals surface area contributed by atoms with Crippen LogP contribution in [0.1, 0.15) is 18.4 Å². The fourth-order valence-corrected chi connectivity index (χ4v) is 3.71. The van der Waals surface area contributed by atoms with Gasteiger partial charge in [0.05, 0.1) is 22.2 Å². The molecule has 0 aliphatic carbocycles. The molecule has 0 spiro atoms. The van der Waals surface area contributed by atoms with Gasteiger partial charge in [-0.3, -0.25) is 4.21 Å². The van der Waals surface area contributed by atoms with Crippen molar-refractivity contribution in [2.45, 2.75) is 37.0 Å². The Hall–Kier alpha value is -1.87. The molecule has 0 aromatic heterocycles. The molecule has 1 fully saturated rings. The van der Waals surface area contributed by atoms with E-state index in [9.17, 15) is 34.9 Å². The molecule has 0 bridgehead atoms. The molecule has 27 heavy (non-hydrogen) atoms. The molecule has 0 amide bonds. The third kappa shape index (κ3) is 6.07. The van der Waals surface area contributed by atoms with Crippen LogP contribution in [0.25, 0.3) is 0 Å². The number of aryl methyl sites for hydroxylation is 1. The highest BCUT2D eigenvalue weighted by atomic mass is 32.2. The minimum absolute atomic E-state index is 0.0919. The van der Waals surface area contributed by atoms with Gasteiger partial charge in [-0.15, -0.1) is 0 Å². The molecule has 1 aliphatic heterocycles. The van der Waals surface area contributed by atoms with Crippen molar-refractivity contribution in [2.24, 2.45) is 4.99 Å². The molecule has 1 aliphatic rings. The average molecular weight is 416 g/mol. The van der Waals surface area contributed by atoms with Crippen LogP contribution in [0.4, 0.5) is 36.4 Å². The summed E-state index contributed by atoms with van der Waals surface area (Å²) in [6, 6.07) is 2.00. The lowest BCUT2D eigenvalue weighted by atomic mass is 10.2. The van der Waals surface area contributed by atoms with E-state index in [4.69, 9.17) is 0 Å². The van der Waals surface area contributed by atoms with Crippen LogP contribution in [0.2, 0.25) is 0 Å². The molecule has 0 radical (unpaired) electrons. The van der Waals surface area contributed by atoms with Crippen molar-refractivity contribution in [3.05, 3.63) is 29.2 Å². The first-order valence-corrected chi connectivity index (χ1v) is 9.07. The van der Waals surface area contributed by atoms with E-state index in [1.54, 1.807) is 0 Å². The summed E-state index contributed by atoms with van der Waals surface area (Å²) in [4.78, 5) is 4.28. The number of aliphatic imine (C=N–C) groups is 1. The average Bonchev–Trinajstić information content (AvgIpc) is 2.92. The van der Waals surface area contributed by atoms with Gasteiger partial charge in [-0.2, -0.15) is 26.3 Å². The van der Waals surface area contributed by atoms with Gasteiger partial charge in [0.1, 0.15) is 18.1 Å². The normalized spacial score (nSPS) is 16.4. The van der Waals surface area contributed by atoms with Gasteiger partial charge in [0, 0.05) is 17.3 Å². The van der Waals surface area contributed by atoms with E-state index < -0.39 is 41.3 Å². The van der Waals surface area contributed by atoms with E-state index in [0.717, 1.165) is 12.1 Å². The molecule has 1 aromatic carbocycles. The van der Waals surface area contributed by atoms with Gasteiger partial charge >= 0.3 is 12.4 Å². The highest BCUT2D eigenvalue weighted by molar-refractivity contribution is 7.85. The zero-order valence-corrected chi connectivity index (χ0v) is 14.9. The van der Waals surface area contributed by atoms with E-state index in [2.05, 4.69) is 10.9 Å². The van der Waals surface area contributed by atoms with Gasteiger partial charge in [-0.25, -0.2) is 9.38 Å². The fourth-order valence-electron chi connectivity index (χ4n) is 2.60. The number of halogens is 7. The summed E-state index contributed by atoms with van der Waals surface area (Å²) in [5.74, 6) is -0.114. The molecular formula is C16H15F7N2OS. The number of hydrogen-bond acceptors (Lipinski definition) is 3. The zero-order chi connectivity index (χ0) is 20.4. The van der Waals surface area contributed by atoms with Crippen molar-refractivity contribution in [1.82, 2.24) is 0 Å². The van der Waals surface area contributed by atoms with E-state index >= 15 is 0 Å². The third-order valence-electron chi connectivity index (χ3n) is 3.66. The minimum atomic E-state index is -4.66. The predicted molar refractivity (Wildman–Crippen MR) is 86.9 cm³/mol. The van der Waals surface area contributed by atoms with Crippen molar-refractivity contribution in [2.75, 3.05) is 23.7 Å². The number of anilines is 1. The Balaban J connectivity index is 2.38. The molecular weight excluding hydrogens is 401 g/mol. The highest BCUT2D eigenvalue weighted by Gasteiger charge is 2.32. The van der Waals surface area contributed by atoms with Gasteiger partial charge in [0.25, 0.3) is 0 Å². The summed E-state index contributed by atoms with van der Waals surface area (Å²) < 4.78 is 100. The van der Waals surface area contributed by atoms with Gasteiger partial charge in [0.15, 0.2) is 0 Å². The van der Waals surface area contributed by atoms with Crippen LogP contribution in [0.15, 0.2) is 27.7 Å². The standard InChI is InChI=1S/C16H15F7N2OS/c1-10-5-12(17)13(6-14(10)27(26)9-16(21,22)23)25-4-2-3-11(25)7-24-8-15(18,19)20/h5-6H,2-4,8-9H2,1H3. The maximum Gasteiger partial charge on any atom is 0.408 e. The lowest BCUT2D eigenvalue weighted by molar-refractivity contribution is -0.118. The van der Waals surface area contributed by atoms with Crippen molar-refractivity contribution >= 4 is 22.4 Å². The largest absolute Gasteiger partial charge is 0.408 e. The number of rotatable bonds is 4. The molecule has 1 heterocycles. The molecule has 1 unspecified atom stereocenters. The Morgan fingerprint density at radius 1 is 1.19 bits per heavy atom. The first kappa shape index (κ1) is 21.4. The summed E-state index contributed by atoms with van der Waals surface area (Å²) in [6.07, 6.45) is -8.39. The van der Waals surface area contributed by atoms with Crippen LogP contribution >= 0.6 is 0 Å². The van der Waals surface area contributed by atoms with Crippen LogP contribution in [0.5, 0.6) is 0 Å². The Labute approximate surface area is 153 Å². The van der Waals surface area contributed by atoms with Crippen molar-refractivity contribution in [3.63, 3.8) is 0 Å². The molecule has 0 saturated carbocycles. The summed E-state index contributed by atoms with van der Waals surface area (Å²) in [6.45, 7) is 0.124. The summed E-state index contributed by atoms with van der Waals surface area (Å²) >= 11 is 0. The zero-order valence-electron chi connectivity index (χ0n) is 14.0. The topological polar surface area (TPSA) is 32.7 Å². The van der Waals surface area contributed by atoms with Gasteiger partial charge in [0.2, 0.25) is 0 Å². The van der Waals surface area contributed by atoms with E-state index in [1.165, 1.54) is 11.8 Å². The van der Waals surface area contributed by atoms with Crippen LogP contribution < -0.4 is 4.90 Å². The molecule has 1 atom stereocenters. The number of alkyl halides is 6. The highest BCUT2D eigenvalue weighted by Crippen LogP contribution is 2.33. The maximum absolute atomic E-state index is 14.4. The molecule has 150 valence electrons. The second-order valence-corrected chi connectivity index (χ2v) is 7.34. The summed E-state index contributed by atoms with van der Waals surface area (Å²) in [5.41, 5.74) is 0.122. The molecule has 1 saturated heterocycles. The SMILES string of the molecule is Cc1cc(F)c(N2CCCC2=C=NCC(F)(F)F)cc1S(=O)CC(F)(F)F. The van der Waals surface area contributed by atoms with Crippen molar-refractivity contribution < 1.29 is 34.9 Å². The van der Waals surface area contributed by atoms with E-state index in [1.807, 2.05) is 0 Å². The summed E-state index contributed by atoms with van der Waals surface area (Å²) in [5, 5.41) is 0. The molecule has 11 heteroatoms. The number of allylic oxidation sites excluding steroid dienone is 1. The Morgan fingerprint density at radius 2 is 1.85 bits per heavy atom. The lowest BCUT2D eigenvalue weighted by Crippen LogP contribution is -2.21. The van der Waals surface area contributed by atoms with E-state index in [0.29, 0.717) is 6.42 Å². The smallest absolute Gasteiger partial charge is 0.335 e. The minimum Gasteiger partial charge on any atom is -0.335 e. The molecule has 2 rings (SSSR count). The van der Waals surface area contributed by atoms with Crippen LogP contribution in [0, 0.1) is 12.7 Å². The monoisotopic (exact) mass is 416 g/mol. The Morgan fingerprint density at radius 3 is 2.44 bits per heavy atom. The maximum atomic E-state index is 14.4. The van der Waals surface area contributed by atoms with E-state index in [-0.39, 0.29) is 34.8 Å². The van der Waals surface area contributed by atoms with Crippen molar-refractivity contribution in [1.29, 1.82) is 0 Å². The fraction of sp³-hybridized carbons (Fsp3) is 0.500. The molecule has 0 N–H and O–H groups in total. The van der Waals surface area contributed by atoms with Gasteiger partial charge in [-0.1, -0.05) is 0 Å². The number of benzene rings is 1. The lowest BCUT2D eigenvalue weighted by Gasteiger charge is -2.21. The second-order valence-electron chi connectivity index (χ2n) is 5.92. The first-order chi connectivity index (χ1) is 12.4. The molecule has 1 aromatic rings. The Kier molecular flexibility index (Phi) is 6.36. The Bertz CT molecular complexity index is 795. The van der Waals surface area contributed by atoms with Crippen LogP contribution in [-0.2, 0) is 10.8 Å². The number of hydrogen-bond donors (Lipinski definition) is 0. The molecule has 3 nitrogen and oxygen atoms in total. The van der Waals surface area contributed by atoms with Crippen LogP contribution in [0.3, 0.4) is 0 Å². The van der Waals surface area contributed by atoms with Crippen molar-refractivity contribution in [3.8, 4) is 0 Å². The van der Waals surface area contributed by atoms with Gasteiger partial charge in [-0.05, 0) is 37.5 Å². The summed E-state index contributed by atoms with van der Waals surface area (Å²) in [7, 11) is -2.43. The van der Waals surface area contributed by atoms with Gasteiger partial charge < -0.3 is 4.90 Å². The van der Waals surface area contributed by atoms with Crippen LogP contribution in [-0.4, -0.2) is 41.3 Å². The first-order valence-electron chi connectivity index (χ1n) is 7.75. The number of nitrogens with zero attached hydrogens (tertiary/aromatic N) is 2. The quantitative estimate of drug-likeness (QED) is 0.534. The predicted octanol–water partition coefficient (Wildman–Crippen LogP) is 4.52. The second kappa shape index (κ2) is 8.02.